The molecule has 3 N–H and O–H groups in total. The van der Waals surface area contributed by atoms with E-state index in [4.69, 9.17) is 29.0 Å². The monoisotopic (exact) mass is 286 g/mol. The van der Waals surface area contributed by atoms with Crippen molar-refractivity contribution in [3.05, 3.63) is 55.7 Å². The van der Waals surface area contributed by atoms with Crippen LogP contribution in [0.5, 0.6) is 0 Å². The molecule has 17 heavy (non-hydrogen) atoms. The average molecular weight is 287 g/mol. The molecule has 5 heteroatoms. The number of hydrazine groups is 1. The van der Waals surface area contributed by atoms with Crippen LogP contribution in [-0.4, -0.2) is 0 Å². The molecule has 0 spiro atoms. The molecule has 1 aromatic heterocycles. The number of aryl methyl sites for hydroxylation is 1. The van der Waals surface area contributed by atoms with Crippen LogP contribution in [0.25, 0.3) is 0 Å². The summed E-state index contributed by atoms with van der Waals surface area (Å²) >= 11 is 13.8. The number of nitrogens with two attached hydrogens (primary N) is 1. The first-order chi connectivity index (χ1) is 8.11. The Hall–Kier alpha value is -0.580. The van der Waals surface area contributed by atoms with E-state index in [-0.39, 0.29) is 6.04 Å². The van der Waals surface area contributed by atoms with E-state index in [0.29, 0.717) is 10.0 Å². The van der Waals surface area contributed by atoms with Crippen molar-refractivity contribution < 1.29 is 0 Å². The molecule has 0 aliphatic carbocycles. The van der Waals surface area contributed by atoms with Gasteiger partial charge in [-0.1, -0.05) is 29.3 Å². The van der Waals surface area contributed by atoms with Crippen LogP contribution in [-0.2, 0) is 0 Å². The maximum Gasteiger partial charge on any atom is 0.0816 e. The minimum atomic E-state index is -0.0986. The fourth-order valence-corrected chi connectivity index (χ4v) is 3.14. The number of nitrogens with one attached hydrogen (secondary N) is 1. The second-order valence-corrected chi connectivity index (χ2v) is 5.88. The van der Waals surface area contributed by atoms with E-state index in [1.54, 1.807) is 17.4 Å². The van der Waals surface area contributed by atoms with E-state index in [1.807, 2.05) is 12.1 Å². The van der Waals surface area contributed by atoms with Crippen LogP contribution in [0.3, 0.4) is 0 Å². The second kappa shape index (κ2) is 5.38. The van der Waals surface area contributed by atoms with Crippen molar-refractivity contribution in [1.82, 2.24) is 5.43 Å². The highest BCUT2D eigenvalue weighted by atomic mass is 35.5. The zero-order chi connectivity index (χ0) is 12.4. The third-order valence-electron chi connectivity index (χ3n) is 2.49. The Kier molecular flexibility index (Phi) is 4.07. The van der Waals surface area contributed by atoms with E-state index in [0.717, 1.165) is 10.4 Å². The van der Waals surface area contributed by atoms with Gasteiger partial charge in [0.25, 0.3) is 0 Å². The Morgan fingerprint density at radius 2 is 2.00 bits per heavy atom. The highest BCUT2D eigenvalue weighted by molar-refractivity contribution is 7.12. The summed E-state index contributed by atoms with van der Waals surface area (Å²) in [5.41, 5.74) is 3.72. The van der Waals surface area contributed by atoms with Crippen molar-refractivity contribution in [3.8, 4) is 0 Å². The van der Waals surface area contributed by atoms with Gasteiger partial charge >= 0.3 is 0 Å². The number of hydrogen-bond acceptors (Lipinski definition) is 3. The molecular formula is C12H12Cl2N2S. The molecule has 2 rings (SSSR count). The molecule has 0 bridgehead atoms. The van der Waals surface area contributed by atoms with Gasteiger partial charge < -0.3 is 0 Å². The van der Waals surface area contributed by atoms with E-state index in [2.05, 4.69) is 24.5 Å². The van der Waals surface area contributed by atoms with Crippen LogP contribution in [0.1, 0.15) is 21.4 Å². The minimum absolute atomic E-state index is 0.0986. The molecule has 0 aliphatic heterocycles. The van der Waals surface area contributed by atoms with Crippen molar-refractivity contribution in [2.45, 2.75) is 13.0 Å². The molecule has 0 fully saturated rings. The molecular weight excluding hydrogens is 275 g/mol. The third kappa shape index (κ3) is 2.81. The Labute approximate surface area is 114 Å². The molecule has 0 saturated heterocycles. The van der Waals surface area contributed by atoms with Gasteiger partial charge in [-0.15, -0.1) is 11.3 Å². The summed E-state index contributed by atoms with van der Waals surface area (Å²) in [6.45, 7) is 2.06. The molecule has 0 saturated carbocycles. The van der Waals surface area contributed by atoms with Gasteiger partial charge in [-0.25, -0.2) is 5.43 Å². The molecule has 0 radical (unpaired) electrons. The fourth-order valence-electron chi connectivity index (χ4n) is 1.67. The summed E-state index contributed by atoms with van der Waals surface area (Å²) in [6.07, 6.45) is 0. The molecule has 0 aliphatic rings. The summed E-state index contributed by atoms with van der Waals surface area (Å²) in [5.74, 6) is 5.62. The second-order valence-electron chi connectivity index (χ2n) is 3.71. The number of benzene rings is 1. The molecule has 1 aromatic carbocycles. The third-order valence-corrected chi connectivity index (χ3v) is 4.11. The SMILES string of the molecule is Cc1ccc(C(NN)c2ccc(Cl)cc2Cl)s1. The predicted octanol–water partition coefficient (Wildman–Crippen LogP) is 3.92. The summed E-state index contributed by atoms with van der Waals surface area (Å²) in [5, 5.41) is 1.24. The number of hydrogen-bond donors (Lipinski definition) is 2. The van der Waals surface area contributed by atoms with Crippen LogP contribution in [0.2, 0.25) is 10.0 Å². The quantitative estimate of drug-likeness (QED) is 0.663. The lowest BCUT2D eigenvalue weighted by Gasteiger charge is -2.16. The normalized spacial score (nSPS) is 12.7. The van der Waals surface area contributed by atoms with E-state index < -0.39 is 0 Å². The number of thiophene rings is 1. The van der Waals surface area contributed by atoms with Gasteiger partial charge in [0, 0.05) is 19.8 Å². The maximum absolute atomic E-state index is 6.18. The van der Waals surface area contributed by atoms with Crippen LogP contribution in [0, 0.1) is 6.92 Å². The lowest BCUT2D eigenvalue weighted by Crippen LogP contribution is -2.28. The van der Waals surface area contributed by atoms with Crippen LogP contribution in [0.4, 0.5) is 0 Å². The van der Waals surface area contributed by atoms with E-state index in [1.165, 1.54) is 4.88 Å². The van der Waals surface area contributed by atoms with Crippen molar-refractivity contribution in [2.24, 2.45) is 5.84 Å². The Morgan fingerprint density at radius 1 is 1.24 bits per heavy atom. The predicted molar refractivity (Wildman–Crippen MR) is 74.7 cm³/mol. The Bertz CT molecular complexity index is 525. The average Bonchev–Trinajstić information content (AvgIpc) is 2.69. The lowest BCUT2D eigenvalue weighted by atomic mass is 10.1. The zero-order valence-corrected chi connectivity index (χ0v) is 11.5. The topological polar surface area (TPSA) is 38.0 Å². The first kappa shape index (κ1) is 12.9. The molecule has 1 atom stereocenters. The zero-order valence-electron chi connectivity index (χ0n) is 9.21. The summed E-state index contributed by atoms with van der Waals surface area (Å²) in [4.78, 5) is 2.37. The van der Waals surface area contributed by atoms with Crippen LogP contribution in [0.15, 0.2) is 30.3 Å². The first-order valence-corrected chi connectivity index (χ1v) is 6.66. The number of halogens is 2. The van der Waals surface area contributed by atoms with Crippen LogP contribution < -0.4 is 11.3 Å². The Balaban J connectivity index is 2.42. The molecule has 2 aromatic rings. The van der Waals surface area contributed by atoms with Gasteiger partial charge in [0.15, 0.2) is 0 Å². The summed E-state index contributed by atoms with van der Waals surface area (Å²) in [6, 6.07) is 9.45. The summed E-state index contributed by atoms with van der Waals surface area (Å²) in [7, 11) is 0. The number of rotatable bonds is 3. The van der Waals surface area contributed by atoms with Crippen molar-refractivity contribution in [3.63, 3.8) is 0 Å². The molecule has 1 unspecified atom stereocenters. The fraction of sp³-hybridized carbons (Fsp3) is 0.167. The van der Waals surface area contributed by atoms with Gasteiger partial charge in [-0.2, -0.15) is 0 Å². The van der Waals surface area contributed by atoms with Gasteiger partial charge in [0.05, 0.1) is 6.04 Å². The van der Waals surface area contributed by atoms with Crippen molar-refractivity contribution in [2.75, 3.05) is 0 Å². The highest BCUT2D eigenvalue weighted by Gasteiger charge is 2.17. The van der Waals surface area contributed by atoms with E-state index in [9.17, 15) is 0 Å². The largest absolute Gasteiger partial charge is 0.271 e. The van der Waals surface area contributed by atoms with Gasteiger partial charge in [-0.05, 0) is 36.8 Å². The van der Waals surface area contributed by atoms with Crippen molar-refractivity contribution in [1.29, 1.82) is 0 Å². The van der Waals surface area contributed by atoms with E-state index >= 15 is 0 Å². The standard InChI is InChI=1S/C12H12Cl2N2S/c1-7-2-5-11(17-7)12(16-15)9-4-3-8(13)6-10(9)14/h2-6,12,16H,15H2,1H3. The molecule has 90 valence electrons. The molecule has 0 amide bonds. The smallest absolute Gasteiger partial charge is 0.0816 e. The van der Waals surface area contributed by atoms with Crippen LogP contribution >= 0.6 is 34.5 Å². The summed E-state index contributed by atoms with van der Waals surface area (Å²) < 4.78 is 0. The lowest BCUT2D eigenvalue weighted by molar-refractivity contribution is 0.647. The maximum atomic E-state index is 6.18. The first-order valence-electron chi connectivity index (χ1n) is 5.09. The van der Waals surface area contributed by atoms with Gasteiger partial charge in [0.1, 0.15) is 0 Å². The minimum Gasteiger partial charge on any atom is -0.271 e. The Morgan fingerprint density at radius 3 is 2.53 bits per heavy atom. The highest BCUT2D eigenvalue weighted by Crippen LogP contribution is 2.33. The van der Waals surface area contributed by atoms with Crippen molar-refractivity contribution >= 4 is 34.5 Å². The van der Waals surface area contributed by atoms with Gasteiger partial charge in [-0.3, -0.25) is 5.84 Å². The molecule has 1 heterocycles. The molecule has 2 nitrogen and oxygen atoms in total. The van der Waals surface area contributed by atoms with Gasteiger partial charge in [0.2, 0.25) is 0 Å².